The van der Waals surface area contributed by atoms with Crippen molar-refractivity contribution in [1.82, 2.24) is 0 Å². The Morgan fingerprint density at radius 1 is 0.684 bits per heavy atom. The minimum Gasteiger partial charge on any atom is -0.0924 e. The van der Waals surface area contributed by atoms with Crippen molar-refractivity contribution in [1.29, 1.82) is 0 Å². The van der Waals surface area contributed by atoms with Gasteiger partial charge in [-0.15, -0.1) is 0 Å². The fourth-order valence-electron chi connectivity index (χ4n) is 2.94. The molecule has 0 fully saturated rings. The first kappa shape index (κ1) is 12.2. The highest BCUT2D eigenvalue weighted by molar-refractivity contribution is 6.74. The van der Waals surface area contributed by atoms with Gasteiger partial charge in [0.15, 0.2) is 0 Å². The molecule has 0 aromatic heterocycles. The molecule has 0 aliphatic carbocycles. The third-order valence-corrected chi connectivity index (χ3v) is 7.44. The highest BCUT2D eigenvalue weighted by Crippen LogP contribution is 2.36. The van der Waals surface area contributed by atoms with E-state index in [2.05, 4.69) is 91.1 Å². The molecule has 19 heavy (non-hydrogen) atoms. The summed E-state index contributed by atoms with van der Waals surface area (Å²) < 4.78 is 0. The standard InChI is InChI=1S/C18H18Si/c1-18(19-14-8-9-15-19,16-10-4-2-5-11-16)17-12-6-3-7-13-17/h2-15,19H,1H3. The van der Waals surface area contributed by atoms with Crippen molar-refractivity contribution in [3.05, 3.63) is 95.3 Å². The van der Waals surface area contributed by atoms with Crippen molar-refractivity contribution in [2.45, 2.75) is 12.0 Å². The zero-order valence-corrected chi connectivity index (χ0v) is 12.3. The molecule has 3 rings (SSSR count). The predicted molar refractivity (Wildman–Crippen MR) is 84.8 cm³/mol. The van der Waals surface area contributed by atoms with E-state index in [9.17, 15) is 0 Å². The van der Waals surface area contributed by atoms with E-state index in [1.165, 1.54) is 11.1 Å². The van der Waals surface area contributed by atoms with E-state index in [1.807, 2.05) is 0 Å². The van der Waals surface area contributed by atoms with E-state index in [-0.39, 0.29) is 5.04 Å². The van der Waals surface area contributed by atoms with Crippen LogP contribution in [-0.2, 0) is 5.04 Å². The summed E-state index contributed by atoms with van der Waals surface area (Å²) >= 11 is 0. The van der Waals surface area contributed by atoms with Crippen molar-refractivity contribution in [2.24, 2.45) is 0 Å². The SMILES string of the molecule is CC(c1ccccc1)(c1ccccc1)[SiH]1C=CC=C1. The van der Waals surface area contributed by atoms with Crippen molar-refractivity contribution < 1.29 is 0 Å². The highest BCUT2D eigenvalue weighted by Gasteiger charge is 2.36. The zero-order chi connectivity index (χ0) is 13.1. The molecule has 2 aromatic carbocycles. The summed E-state index contributed by atoms with van der Waals surface area (Å²) in [6, 6.07) is 21.8. The predicted octanol–water partition coefficient (Wildman–Crippen LogP) is 3.96. The Labute approximate surface area is 116 Å². The third kappa shape index (κ3) is 2.11. The van der Waals surface area contributed by atoms with Crippen LogP contribution in [0.3, 0.4) is 0 Å². The van der Waals surface area contributed by atoms with Gasteiger partial charge >= 0.3 is 0 Å². The molecule has 0 spiro atoms. The fourth-order valence-corrected chi connectivity index (χ4v) is 5.73. The zero-order valence-electron chi connectivity index (χ0n) is 11.2. The highest BCUT2D eigenvalue weighted by atomic mass is 28.3. The maximum Gasteiger partial charge on any atom is 0.100 e. The number of hydrogen-bond donors (Lipinski definition) is 0. The van der Waals surface area contributed by atoms with Crippen molar-refractivity contribution >= 4 is 8.80 Å². The Balaban J connectivity index is 2.16. The summed E-state index contributed by atoms with van der Waals surface area (Å²) in [5.74, 6) is 0. The molecule has 0 atom stereocenters. The molecule has 0 radical (unpaired) electrons. The molecule has 0 N–H and O–H groups in total. The van der Waals surface area contributed by atoms with Gasteiger partial charge in [-0.2, -0.15) is 0 Å². The van der Waals surface area contributed by atoms with Crippen molar-refractivity contribution in [2.75, 3.05) is 0 Å². The van der Waals surface area contributed by atoms with Crippen LogP contribution in [0.5, 0.6) is 0 Å². The van der Waals surface area contributed by atoms with Crippen LogP contribution in [-0.4, -0.2) is 8.80 Å². The molecule has 2 aromatic rings. The van der Waals surface area contributed by atoms with Crippen molar-refractivity contribution in [3.8, 4) is 0 Å². The van der Waals surface area contributed by atoms with Crippen LogP contribution < -0.4 is 0 Å². The lowest BCUT2D eigenvalue weighted by molar-refractivity contribution is 0.802. The average Bonchev–Trinajstić information content (AvgIpc) is 3.03. The van der Waals surface area contributed by atoms with Gasteiger partial charge in [-0.25, -0.2) is 0 Å². The van der Waals surface area contributed by atoms with E-state index in [4.69, 9.17) is 0 Å². The maximum atomic E-state index is 2.43. The van der Waals surface area contributed by atoms with E-state index >= 15 is 0 Å². The monoisotopic (exact) mass is 262 g/mol. The lowest BCUT2D eigenvalue weighted by Crippen LogP contribution is -2.38. The Hall–Kier alpha value is -1.86. The molecular formula is C18H18Si. The van der Waals surface area contributed by atoms with Crippen LogP contribution in [0.25, 0.3) is 0 Å². The molecule has 1 aliphatic rings. The Bertz CT molecular complexity index is 545. The van der Waals surface area contributed by atoms with Gasteiger partial charge in [-0.05, 0) is 11.1 Å². The van der Waals surface area contributed by atoms with Crippen LogP contribution in [0.1, 0.15) is 18.1 Å². The maximum absolute atomic E-state index is 2.43. The Morgan fingerprint density at radius 3 is 1.53 bits per heavy atom. The summed E-state index contributed by atoms with van der Waals surface area (Å²) in [7, 11) is -1.13. The molecule has 0 nitrogen and oxygen atoms in total. The first-order valence-electron chi connectivity index (χ1n) is 6.78. The van der Waals surface area contributed by atoms with Gasteiger partial charge in [0.1, 0.15) is 8.80 Å². The van der Waals surface area contributed by atoms with Crippen LogP contribution >= 0.6 is 0 Å². The van der Waals surface area contributed by atoms with Gasteiger partial charge in [0, 0.05) is 5.04 Å². The second-order valence-electron chi connectivity index (χ2n) is 5.23. The number of benzene rings is 2. The molecule has 0 amide bonds. The summed E-state index contributed by atoms with van der Waals surface area (Å²) in [5.41, 5.74) is 7.71. The van der Waals surface area contributed by atoms with Gasteiger partial charge in [0.2, 0.25) is 0 Å². The van der Waals surface area contributed by atoms with Crippen LogP contribution in [0.2, 0.25) is 0 Å². The largest absolute Gasteiger partial charge is 0.100 e. The van der Waals surface area contributed by atoms with Gasteiger partial charge in [0.05, 0.1) is 0 Å². The first-order valence-corrected chi connectivity index (χ1v) is 8.69. The minimum atomic E-state index is -1.13. The van der Waals surface area contributed by atoms with E-state index in [0.29, 0.717) is 0 Å². The summed E-state index contributed by atoms with van der Waals surface area (Å²) in [6.45, 7) is 2.40. The van der Waals surface area contributed by atoms with E-state index < -0.39 is 8.80 Å². The number of hydrogen-bond acceptors (Lipinski definition) is 0. The van der Waals surface area contributed by atoms with Crippen LogP contribution in [0.15, 0.2) is 84.2 Å². The summed E-state index contributed by atoms with van der Waals surface area (Å²) in [6.07, 6.45) is 4.42. The van der Waals surface area contributed by atoms with Gasteiger partial charge in [-0.3, -0.25) is 0 Å². The first-order chi connectivity index (χ1) is 9.32. The van der Waals surface area contributed by atoms with E-state index in [0.717, 1.165) is 0 Å². The Kier molecular flexibility index (Phi) is 3.22. The molecule has 1 heteroatoms. The second-order valence-corrected chi connectivity index (χ2v) is 8.21. The quantitative estimate of drug-likeness (QED) is 0.734. The molecule has 1 heterocycles. The topological polar surface area (TPSA) is 0 Å². The normalized spacial score (nSPS) is 15.0. The third-order valence-electron chi connectivity index (χ3n) is 4.16. The molecule has 94 valence electrons. The molecule has 0 bridgehead atoms. The fraction of sp³-hybridized carbons (Fsp3) is 0.111. The Morgan fingerprint density at radius 2 is 1.11 bits per heavy atom. The second kappa shape index (κ2) is 5.02. The lowest BCUT2D eigenvalue weighted by atomic mass is 9.92. The van der Waals surface area contributed by atoms with Crippen LogP contribution in [0, 0.1) is 0 Å². The van der Waals surface area contributed by atoms with Crippen molar-refractivity contribution in [3.63, 3.8) is 0 Å². The summed E-state index contributed by atoms with van der Waals surface area (Å²) in [5, 5.41) is 0.131. The lowest BCUT2D eigenvalue weighted by Gasteiger charge is -2.34. The molecule has 0 unspecified atom stereocenters. The number of rotatable bonds is 3. The average molecular weight is 262 g/mol. The van der Waals surface area contributed by atoms with E-state index in [1.54, 1.807) is 0 Å². The molecule has 0 saturated heterocycles. The number of allylic oxidation sites excluding steroid dienone is 2. The molecule has 0 saturated carbocycles. The minimum absolute atomic E-state index is 0.131. The van der Waals surface area contributed by atoms with Gasteiger partial charge in [0.25, 0.3) is 0 Å². The summed E-state index contributed by atoms with van der Waals surface area (Å²) in [4.78, 5) is 0. The van der Waals surface area contributed by atoms with Gasteiger partial charge in [-0.1, -0.05) is 91.1 Å². The molecular weight excluding hydrogens is 244 g/mol. The van der Waals surface area contributed by atoms with Gasteiger partial charge < -0.3 is 0 Å². The van der Waals surface area contributed by atoms with Crippen LogP contribution in [0.4, 0.5) is 0 Å². The molecule has 1 aliphatic heterocycles. The smallest absolute Gasteiger partial charge is 0.0924 e.